The van der Waals surface area contributed by atoms with Crippen LogP contribution in [0.15, 0.2) is 46.7 Å². The van der Waals surface area contributed by atoms with Crippen molar-refractivity contribution in [2.45, 2.75) is 58.3 Å². The van der Waals surface area contributed by atoms with Gasteiger partial charge in [-0.2, -0.15) is 10.2 Å². The van der Waals surface area contributed by atoms with Gasteiger partial charge in [0.25, 0.3) is 0 Å². The van der Waals surface area contributed by atoms with Crippen molar-refractivity contribution >= 4 is 22.3 Å². The van der Waals surface area contributed by atoms with Crippen LogP contribution in [0.4, 0.5) is 0 Å². The first-order valence-corrected chi connectivity index (χ1v) is 9.66. The highest BCUT2D eigenvalue weighted by Gasteiger charge is 2.26. The predicted octanol–water partition coefficient (Wildman–Crippen LogP) is 5.76. The predicted molar refractivity (Wildman–Crippen MR) is 105 cm³/mol. The van der Waals surface area contributed by atoms with Crippen molar-refractivity contribution in [2.24, 2.45) is 22.0 Å². The van der Waals surface area contributed by atoms with E-state index in [0.29, 0.717) is 11.8 Å². The molecule has 0 unspecified atom stereocenters. The molecule has 130 valence electrons. The van der Waals surface area contributed by atoms with Crippen LogP contribution in [-0.2, 0) is 0 Å². The Hall–Kier alpha value is -2.03. The zero-order valence-corrected chi connectivity index (χ0v) is 15.3. The van der Waals surface area contributed by atoms with Crippen LogP contribution >= 0.6 is 0 Å². The molecule has 1 saturated carbocycles. The number of rotatable bonds is 4. The fourth-order valence-corrected chi connectivity index (χ4v) is 4.33. The van der Waals surface area contributed by atoms with E-state index in [9.17, 15) is 0 Å². The van der Waals surface area contributed by atoms with Crippen LogP contribution in [0, 0.1) is 11.8 Å². The van der Waals surface area contributed by atoms with Gasteiger partial charge in [0, 0.05) is 29.4 Å². The van der Waals surface area contributed by atoms with Gasteiger partial charge in [-0.15, -0.1) is 0 Å². The lowest BCUT2D eigenvalue weighted by Crippen LogP contribution is -2.18. The Morgan fingerprint density at radius 2 is 1.80 bits per heavy atom. The summed E-state index contributed by atoms with van der Waals surface area (Å²) >= 11 is 0. The molecule has 25 heavy (non-hydrogen) atoms. The Kier molecular flexibility index (Phi) is 4.65. The normalized spacial score (nSPS) is 23.8. The number of fused-ring (bicyclic) bond motifs is 1. The Bertz CT molecular complexity index is 806. The minimum atomic E-state index is 0.525. The van der Waals surface area contributed by atoms with Gasteiger partial charge in [-0.25, -0.2) is 0 Å². The second-order valence-electron chi connectivity index (χ2n) is 7.93. The Morgan fingerprint density at radius 1 is 1.00 bits per heavy atom. The van der Waals surface area contributed by atoms with Gasteiger partial charge < -0.3 is 0 Å². The number of pyridine rings is 1. The summed E-state index contributed by atoms with van der Waals surface area (Å²) in [7, 11) is 0. The molecule has 0 bridgehead atoms. The van der Waals surface area contributed by atoms with E-state index in [0.717, 1.165) is 24.3 Å². The van der Waals surface area contributed by atoms with Gasteiger partial charge in [-0.1, -0.05) is 32.0 Å². The van der Waals surface area contributed by atoms with Gasteiger partial charge in [-0.3, -0.25) is 4.98 Å². The van der Waals surface area contributed by atoms with Crippen molar-refractivity contribution in [1.29, 1.82) is 0 Å². The molecule has 0 spiro atoms. The van der Waals surface area contributed by atoms with Gasteiger partial charge in [0.1, 0.15) is 0 Å². The average molecular weight is 333 g/mol. The zero-order valence-electron chi connectivity index (χ0n) is 15.3. The molecule has 1 aromatic carbocycles. The van der Waals surface area contributed by atoms with Gasteiger partial charge >= 0.3 is 0 Å². The smallest absolute Gasteiger partial charge is 0.0704 e. The first kappa shape index (κ1) is 16.4. The molecule has 4 rings (SSSR count). The van der Waals surface area contributed by atoms with Gasteiger partial charge in [0.15, 0.2) is 0 Å². The average Bonchev–Trinajstić information content (AvgIpc) is 3.11. The maximum atomic E-state index is 4.51. The van der Waals surface area contributed by atoms with Crippen LogP contribution in [0.25, 0.3) is 10.9 Å². The van der Waals surface area contributed by atoms with E-state index in [4.69, 9.17) is 0 Å². The Labute approximate surface area is 150 Å². The van der Waals surface area contributed by atoms with Crippen LogP contribution < -0.4 is 0 Å². The summed E-state index contributed by atoms with van der Waals surface area (Å²) in [4.78, 5) is 4.51. The number of aromatic nitrogens is 1. The molecule has 3 heteroatoms. The summed E-state index contributed by atoms with van der Waals surface area (Å²) in [5, 5.41) is 10.2. The summed E-state index contributed by atoms with van der Waals surface area (Å²) in [5.74, 6) is 1.99. The minimum Gasteiger partial charge on any atom is -0.256 e. The van der Waals surface area contributed by atoms with E-state index in [1.165, 1.54) is 48.1 Å². The summed E-state index contributed by atoms with van der Waals surface area (Å²) in [6, 6.07) is 10.8. The third-order valence-electron chi connectivity index (χ3n) is 5.87. The summed E-state index contributed by atoms with van der Waals surface area (Å²) in [6.45, 7) is 4.42. The molecule has 2 aliphatic rings. The molecule has 2 heterocycles. The lowest BCUT2D eigenvalue weighted by molar-refractivity contribution is 0.334. The van der Waals surface area contributed by atoms with Gasteiger partial charge in [0.05, 0.1) is 5.52 Å². The van der Waals surface area contributed by atoms with Crippen LogP contribution in [0.3, 0.4) is 0 Å². The van der Waals surface area contributed by atoms with Crippen molar-refractivity contribution in [3.63, 3.8) is 0 Å². The third kappa shape index (κ3) is 3.51. The molecule has 1 fully saturated rings. The van der Waals surface area contributed by atoms with Crippen molar-refractivity contribution in [2.75, 3.05) is 0 Å². The molecule has 0 radical (unpaired) electrons. The molecular weight excluding hydrogens is 306 g/mol. The monoisotopic (exact) mass is 333 g/mol. The van der Waals surface area contributed by atoms with E-state index in [1.54, 1.807) is 0 Å². The molecule has 0 N–H and O–H groups in total. The van der Waals surface area contributed by atoms with Gasteiger partial charge in [-0.05, 0) is 67.6 Å². The molecule has 1 aliphatic carbocycles. The van der Waals surface area contributed by atoms with E-state index < -0.39 is 0 Å². The topological polar surface area (TPSA) is 37.6 Å². The highest BCUT2D eigenvalue weighted by Crippen LogP contribution is 2.39. The zero-order chi connectivity index (χ0) is 17.2. The Morgan fingerprint density at radius 3 is 2.56 bits per heavy atom. The number of hydrogen-bond acceptors (Lipinski definition) is 3. The van der Waals surface area contributed by atoms with Crippen LogP contribution in [-0.4, -0.2) is 16.4 Å². The Balaban J connectivity index is 1.37. The highest BCUT2D eigenvalue weighted by molar-refractivity contribution is 6.08. The van der Waals surface area contributed by atoms with Crippen molar-refractivity contribution in [3.8, 4) is 0 Å². The molecule has 2 aromatic rings. The fraction of sp³-hybridized carbons (Fsp3) is 0.500. The van der Waals surface area contributed by atoms with Crippen LogP contribution in [0.2, 0.25) is 0 Å². The van der Waals surface area contributed by atoms with Crippen LogP contribution in [0.1, 0.15) is 63.9 Å². The van der Waals surface area contributed by atoms with E-state index in [1.807, 2.05) is 6.20 Å². The quantitative estimate of drug-likeness (QED) is 0.701. The van der Waals surface area contributed by atoms with Crippen molar-refractivity contribution < 1.29 is 0 Å². The number of hydrogen-bond donors (Lipinski definition) is 0. The second kappa shape index (κ2) is 7.07. The highest BCUT2D eigenvalue weighted by atomic mass is 15.2. The molecular formula is C22H27N3. The summed E-state index contributed by atoms with van der Waals surface area (Å²) in [6.07, 6.45) is 9.29. The molecule has 1 aromatic heterocycles. The van der Waals surface area contributed by atoms with E-state index in [-0.39, 0.29) is 0 Å². The maximum Gasteiger partial charge on any atom is 0.0704 e. The molecule has 0 amide bonds. The number of para-hydroxylation sites is 1. The molecule has 1 aliphatic heterocycles. The standard InChI is InChI=1S/C22H27N3/c1-15(2)22-14-18(24-25-22)13-16-7-9-17(10-8-16)19-11-12-23-21-6-4-3-5-20(19)21/h3-6,11-12,15-17H,7-10,13-14H2,1-2H3. The summed E-state index contributed by atoms with van der Waals surface area (Å²) in [5.41, 5.74) is 5.18. The third-order valence-corrected chi connectivity index (χ3v) is 5.87. The lowest BCUT2D eigenvalue weighted by Gasteiger charge is -2.29. The minimum absolute atomic E-state index is 0.525. The molecule has 0 saturated heterocycles. The largest absolute Gasteiger partial charge is 0.256 e. The van der Waals surface area contributed by atoms with E-state index >= 15 is 0 Å². The number of benzene rings is 1. The first-order valence-electron chi connectivity index (χ1n) is 9.66. The number of nitrogens with zero attached hydrogens (tertiary/aromatic N) is 3. The molecule has 0 atom stereocenters. The SMILES string of the molecule is CC(C)C1=NN=C(CC2CCC(c3ccnc4ccccc34)CC2)C1. The van der Waals surface area contributed by atoms with Gasteiger partial charge in [0.2, 0.25) is 0 Å². The van der Waals surface area contributed by atoms with Crippen LogP contribution in [0.5, 0.6) is 0 Å². The second-order valence-corrected chi connectivity index (χ2v) is 7.93. The first-order chi connectivity index (χ1) is 12.2. The lowest BCUT2D eigenvalue weighted by atomic mass is 9.76. The summed E-state index contributed by atoms with van der Waals surface area (Å²) < 4.78 is 0. The van der Waals surface area contributed by atoms with Crippen molar-refractivity contribution in [3.05, 3.63) is 42.1 Å². The maximum absolute atomic E-state index is 4.51. The van der Waals surface area contributed by atoms with E-state index in [2.05, 4.69) is 59.4 Å². The van der Waals surface area contributed by atoms with Crippen molar-refractivity contribution in [1.82, 2.24) is 4.98 Å². The fourth-order valence-electron chi connectivity index (χ4n) is 4.33. The molecule has 3 nitrogen and oxygen atoms in total.